The number of carbonyl (C=O) groups is 2. The molecule has 80 heavy (non-hydrogen) atoms. The highest BCUT2D eigenvalue weighted by molar-refractivity contribution is 7.52. The smallest absolute Gasteiger partial charge is 0.459 e. The van der Waals surface area contributed by atoms with Crippen molar-refractivity contribution in [1.29, 1.82) is 10.5 Å². The van der Waals surface area contributed by atoms with E-state index in [9.17, 15) is 49.7 Å². The number of esters is 2. The van der Waals surface area contributed by atoms with Crippen LogP contribution >= 0.6 is 15.5 Å². The molecule has 12 atom stereocenters. The molecule has 2 aromatic carbocycles. The number of aromatic nitrogens is 6. The second kappa shape index (κ2) is 26.0. The zero-order valence-corrected chi connectivity index (χ0v) is 45.8. The zero-order chi connectivity index (χ0) is 58.0. The summed E-state index contributed by atoms with van der Waals surface area (Å²) in [7, 11) is -8.78. The van der Waals surface area contributed by atoms with E-state index < -0.39 is 101 Å². The molecule has 28 nitrogen and oxygen atoms in total. The predicted molar refractivity (Wildman–Crippen MR) is 281 cm³/mol. The van der Waals surface area contributed by atoms with Crippen LogP contribution in [0.15, 0.2) is 97.6 Å². The Labute approximate surface area is 458 Å². The molecular formula is C50H62N12O16P2. The van der Waals surface area contributed by atoms with Crippen molar-refractivity contribution < 1.29 is 76.2 Å². The van der Waals surface area contributed by atoms with Crippen LogP contribution in [0.5, 0.6) is 11.5 Å². The number of nitrogens with one attached hydrogen (secondary N) is 2. The average Bonchev–Trinajstić information content (AvgIpc) is 4.21. The molecule has 30 heteroatoms. The normalized spacial score (nSPS) is 24.8. The van der Waals surface area contributed by atoms with E-state index in [4.69, 9.17) is 48.5 Å². The SMILES string of the molecule is CCC(CC)COC(=O)[C@H](C)NP(=O)(OC[C@@]1(C#N)O[C@@H](c2ccc3c(N)ncnn23)[C@H](O)[C@@H]1O)Oc1ccccc1.CCOC(=O)[C@H](C)NP(=O)(OC[C@@]1(C#N)O[C@@H](c2ccc3c(N)ncnn23)[C@H](O)[C@@H]1O)Oc1ccccc1. The number of aliphatic hydroxyl groups excluding tert-OH is 4. The maximum Gasteiger partial charge on any atom is 0.459 e. The van der Waals surface area contributed by atoms with E-state index >= 15 is 0 Å². The number of fused-ring (bicyclic) bond motifs is 2. The van der Waals surface area contributed by atoms with Crippen molar-refractivity contribution in [3.63, 3.8) is 0 Å². The van der Waals surface area contributed by atoms with Gasteiger partial charge in [-0.25, -0.2) is 28.1 Å². The second-order valence-corrected chi connectivity index (χ2v) is 21.9. The Balaban J connectivity index is 0.000000232. The molecule has 0 aliphatic carbocycles. The fourth-order valence-electron chi connectivity index (χ4n) is 8.43. The quantitative estimate of drug-likeness (QED) is 0.0335. The van der Waals surface area contributed by atoms with E-state index in [0.717, 1.165) is 12.8 Å². The lowest BCUT2D eigenvalue weighted by atomic mass is 9.96. The molecule has 0 radical (unpaired) electrons. The number of hydrogen-bond donors (Lipinski definition) is 8. The van der Waals surface area contributed by atoms with Gasteiger partial charge in [0.05, 0.1) is 24.6 Å². The molecule has 428 valence electrons. The van der Waals surface area contributed by atoms with Gasteiger partial charge in [-0.15, -0.1) is 0 Å². The van der Waals surface area contributed by atoms with Gasteiger partial charge in [-0.1, -0.05) is 63.1 Å². The van der Waals surface area contributed by atoms with Crippen molar-refractivity contribution in [1.82, 2.24) is 39.4 Å². The molecule has 2 fully saturated rings. The molecule has 0 spiro atoms. The van der Waals surface area contributed by atoms with Crippen LogP contribution in [0.4, 0.5) is 11.6 Å². The van der Waals surface area contributed by atoms with Crippen LogP contribution in [-0.4, -0.2) is 136 Å². The maximum absolute atomic E-state index is 14.0. The molecule has 2 saturated heterocycles. The van der Waals surface area contributed by atoms with E-state index in [1.807, 2.05) is 26.0 Å². The summed E-state index contributed by atoms with van der Waals surface area (Å²) in [5.74, 6) is -0.552. The standard InChI is InChI=1S/C27H35N6O8P.C23H27N6O8P/c1-4-18(5-2)13-38-26(36)17(3)32-42(37,41-19-9-7-6-8-10-19)39-15-27(14-28)24(35)22(34)23(40-27)20-11-12-21-25(29)30-16-31-33(20)21;1-3-34-22(32)14(2)28-38(33,37-15-7-5-4-6-8-15)35-12-23(11-24)20(31)18(30)19(36-23)16-9-10-17-21(25)26-13-27-29(16)17/h6-12,16-18,22-24,34-35H,4-5,13,15H2,1-3H3,(H,32,37)(H2,29,30,31);4-10,13-14,18-20,30-31H,3,12H2,1-2H3,(H,28,33)(H2,25,26,27)/t17-,22-,23-,24-,27+,42?;14-,18-,19-,20-,23+,38?/m00/s1. The van der Waals surface area contributed by atoms with Crippen molar-refractivity contribution in [3.05, 3.63) is 109 Å². The number of para-hydroxylation sites is 2. The van der Waals surface area contributed by atoms with Gasteiger partial charge in [-0.2, -0.15) is 30.9 Å². The third kappa shape index (κ3) is 13.4. The van der Waals surface area contributed by atoms with Crippen LogP contribution < -0.4 is 30.7 Å². The summed E-state index contributed by atoms with van der Waals surface area (Å²) in [6.07, 6.45) is -5.14. The summed E-state index contributed by atoms with van der Waals surface area (Å²) in [4.78, 5) is 32.7. The fourth-order valence-corrected chi connectivity index (χ4v) is 11.5. The first-order valence-electron chi connectivity index (χ1n) is 25.1. The van der Waals surface area contributed by atoms with Crippen molar-refractivity contribution in [2.45, 2.75) is 107 Å². The lowest BCUT2D eigenvalue weighted by Crippen LogP contribution is -2.46. The Bertz CT molecular complexity index is 3270. The molecule has 10 N–H and O–H groups in total. The average molecular weight is 1150 g/mol. The van der Waals surface area contributed by atoms with Gasteiger partial charge in [-0.05, 0) is 75.2 Å². The summed E-state index contributed by atoms with van der Waals surface area (Å²) in [6, 6.07) is 23.8. The number of nitriles is 2. The lowest BCUT2D eigenvalue weighted by molar-refractivity contribution is -0.147. The highest BCUT2D eigenvalue weighted by atomic mass is 31.2. The van der Waals surface area contributed by atoms with Crippen molar-refractivity contribution in [2.24, 2.45) is 5.92 Å². The maximum atomic E-state index is 14.0. The van der Waals surface area contributed by atoms with Crippen molar-refractivity contribution in [3.8, 4) is 23.6 Å². The Kier molecular flexibility index (Phi) is 19.6. The van der Waals surface area contributed by atoms with Gasteiger partial charge in [0.25, 0.3) is 0 Å². The highest BCUT2D eigenvalue weighted by Crippen LogP contribution is 2.50. The van der Waals surface area contributed by atoms with E-state index in [0.29, 0.717) is 16.7 Å². The summed E-state index contributed by atoms with van der Waals surface area (Å²) >= 11 is 0. The number of benzene rings is 2. The number of ether oxygens (including phenoxy) is 4. The summed E-state index contributed by atoms with van der Waals surface area (Å²) in [5, 5.41) is 76.9. The number of hydrogen-bond acceptors (Lipinski definition) is 24. The number of nitrogens with zero attached hydrogens (tertiary/aromatic N) is 8. The lowest BCUT2D eigenvalue weighted by Gasteiger charge is -2.28. The largest absolute Gasteiger partial charge is 0.465 e. The minimum Gasteiger partial charge on any atom is -0.465 e. The third-order valence-corrected chi connectivity index (χ3v) is 16.3. The number of carbonyl (C=O) groups excluding carboxylic acids is 2. The Morgan fingerprint density at radius 3 is 1.45 bits per heavy atom. The molecule has 4 aromatic heterocycles. The van der Waals surface area contributed by atoms with Crippen LogP contribution in [0, 0.1) is 28.6 Å². The van der Waals surface area contributed by atoms with E-state index in [2.05, 4.69) is 30.3 Å². The fraction of sp³-hybridized carbons (Fsp3) is 0.440. The van der Waals surface area contributed by atoms with E-state index in [-0.39, 0.29) is 48.0 Å². The highest BCUT2D eigenvalue weighted by Gasteiger charge is 2.59. The molecule has 6 heterocycles. The van der Waals surface area contributed by atoms with Gasteiger partial charge in [0.2, 0.25) is 11.2 Å². The monoisotopic (exact) mass is 1150 g/mol. The molecule has 0 amide bonds. The number of anilines is 2. The van der Waals surface area contributed by atoms with Gasteiger partial charge in [0.1, 0.15) is 109 Å². The minimum absolute atomic E-state index is 0.0946. The van der Waals surface area contributed by atoms with E-state index in [1.165, 1.54) is 59.8 Å². The number of nitrogen functional groups attached to an aromatic ring is 2. The van der Waals surface area contributed by atoms with Gasteiger partial charge < -0.3 is 59.9 Å². The molecule has 2 unspecified atom stereocenters. The van der Waals surface area contributed by atoms with Crippen LogP contribution in [-0.2, 0) is 46.7 Å². The second-order valence-electron chi connectivity index (χ2n) is 18.5. The van der Waals surface area contributed by atoms with Gasteiger partial charge in [-0.3, -0.25) is 18.6 Å². The molecule has 0 saturated carbocycles. The molecule has 2 aliphatic heterocycles. The van der Waals surface area contributed by atoms with Crippen molar-refractivity contribution >= 4 is 50.1 Å². The Morgan fingerprint density at radius 2 is 1.07 bits per heavy atom. The van der Waals surface area contributed by atoms with Crippen LogP contribution in [0.2, 0.25) is 0 Å². The molecular weight excluding hydrogens is 1090 g/mol. The summed E-state index contributed by atoms with van der Waals surface area (Å²) in [6.45, 7) is 7.13. The molecule has 6 aromatic rings. The van der Waals surface area contributed by atoms with Gasteiger partial charge in [0.15, 0.2) is 11.6 Å². The molecule has 8 rings (SSSR count). The number of nitrogens with two attached hydrogens (primary N) is 2. The summed E-state index contributed by atoms with van der Waals surface area (Å²) in [5.41, 5.74) is 8.85. The zero-order valence-electron chi connectivity index (χ0n) is 44.0. The molecule has 2 aliphatic rings. The first-order valence-corrected chi connectivity index (χ1v) is 28.2. The Morgan fingerprint density at radius 1 is 0.675 bits per heavy atom. The topological polar surface area (TPSA) is 407 Å². The predicted octanol–water partition coefficient (Wildman–Crippen LogP) is 3.64. The van der Waals surface area contributed by atoms with Crippen LogP contribution in [0.3, 0.4) is 0 Å². The Hall–Kier alpha value is -7.14. The molecule has 0 bridgehead atoms. The summed E-state index contributed by atoms with van der Waals surface area (Å²) < 4.78 is 74.9. The third-order valence-electron chi connectivity index (χ3n) is 13.0. The number of rotatable bonds is 23. The van der Waals surface area contributed by atoms with E-state index in [1.54, 1.807) is 67.6 Å². The van der Waals surface area contributed by atoms with Crippen LogP contribution in [0.25, 0.3) is 11.0 Å². The van der Waals surface area contributed by atoms with Gasteiger partial charge in [0, 0.05) is 0 Å². The number of aliphatic hydroxyl groups is 4. The minimum atomic E-state index is -4.41. The van der Waals surface area contributed by atoms with Gasteiger partial charge >= 0.3 is 27.4 Å². The van der Waals surface area contributed by atoms with Crippen molar-refractivity contribution in [2.75, 3.05) is 37.9 Å². The van der Waals surface area contributed by atoms with Crippen LogP contribution in [0.1, 0.15) is 71.1 Å². The first-order chi connectivity index (χ1) is 38.2. The first kappa shape index (κ1) is 60.5.